The quantitative estimate of drug-likeness (QED) is 0.425. The number of aliphatic hydroxyl groups excluding tert-OH is 2. The van der Waals surface area contributed by atoms with E-state index in [0.29, 0.717) is 21.7 Å². The second-order valence-corrected chi connectivity index (χ2v) is 5.53. The molecular weight excluding hydrogens is 260 g/mol. The molecule has 0 bridgehead atoms. The van der Waals surface area contributed by atoms with Gasteiger partial charge >= 0.3 is 0 Å². The molecule has 0 saturated heterocycles. The fraction of sp³-hybridized carbons (Fsp3) is 0.667. The maximum Gasteiger partial charge on any atom is 0.144 e. The van der Waals surface area contributed by atoms with Crippen molar-refractivity contribution in [2.45, 2.75) is 0 Å². The minimum Gasteiger partial charge on any atom is -0.395 e. The average Bonchev–Trinajstić information content (AvgIpc) is 2.20. The summed E-state index contributed by atoms with van der Waals surface area (Å²) in [4.78, 5) is 0. The maximum atomic E-state index is 8.50. The molecule has 0 aliphatic carbocycles. The van der Waals surface area contributed by atoms with Gasteiger partial charge < -0.3 is 20.8 Å². The van der Waals surface area contributed by atoms with Crippen LogP contribution in [0.3, 0.4) is 0 Å². The zero-order valence-electron chi connectivity index (χ0n) is 7.36. The summed E-state index contributed by atoms with van der Waals surface area (Å²) >= 11 is 9.87. The zero-order chi connectivity index (χ0) is 10.8. The van der Waals surface area contributed by atoms with Gasteiger partial charge in [-0.3, -0.25) is 0 Å². The van der Waals surface area contributed by atoms with Gasteiger partial charge in [0.05, 0.1) is 13.2 Å². The van der Waals surface area contributed by atoms with E-state index in [2.05, 4.69) is 10.6 Å². The summed E-state index contributed by atoms with van der Waals surface area (Å²) in [6.07, 6.45) is 0. The lowest BCUT2D eigenvalue weighted by molar-refractivity contribution is 0.301. The van der Waals surface area contributed by atoms with E-state index in [9.17, 15) is 0 Å². The third-order valence-electron chi connectivity index (χ3n) is 0.955. The summed E-state index contributed by atoms with van der Waals surface area (Å²) in [5.74, 6) is 0. The van der Waals surface area contributed by atoms with E-state index in [-0.39, 0.29) is 13.2 Å². The molecule has 0 saturated carbocycles. The van der Waals surface area contributed by atoms with Gasteiger partial charge in [-0.15, -0.1) is 0 Å². The standard InChI is InChI=1S/C6H12N2O2S4/c9-3-1-7-5(11)13-14-6(12)8-2-4-10/h9-10H,1-4H2,(H,7,11)(H,8,12). The topological polar surface area (TPSA) is 64.5 Å². The van der Waals surface area contributed by atoms with Crippen molar-refractivity contribution in [2.75, 3.05) is 26.3 Å². The maximum absolute atomic E-state index is 8.50. The van der Waals surface area contributed by atoms with E-state index < -0.39 is 0 Å². The lowest BCUT2D eigenvalue weighted by Gasteiger charge is -2.06. The predicted molar refractivity (Wildman–Crippen MR) is 70.6 cm³/mol. The Bertz CT molecular complexity index is 171. The van der Waals surface area contributed by atoms with Crippen LogP contribution in [0.25, 0.3) is 0 Å². The van der Waals surface area contributed by atoms with Crippen LogP contribution in [0.1, 0.15) is 0 Å². The molecular formula is C6H12N2O2S4. The summed E-state index contributed by atoms with van der Waals surface area (Å²) in [6, 6.07) is 0. The lowest BCUT2D eigenvalue weighted by Crippen LogP contribution is -2.23. The van der Waals surface area contributed by atoms with Gasteiger partial charge in [-0.1, -0.05) is 24.4 Å². The van der Waals surface area contributed by atoms with E-state index >= 15 is 0 Å². The zero-order valence-corrected chi connectivity index (χ0v) is 10.6. The minimum absolute atomic E-state index is 0.0541. The number of nitrogens with one attached hydrogen (secondary N) is 2. The van der Waals surface area contributed by atoms with E-state index in [1.165, 1.54) is 21.6 Å². The second-order valence-electron chi connectivity index (χ2n) is 2.04. The van der Waals surface area contributed by atoms with Gasteiger partial charge in [0.1, 0.15) is 8.64 Å². The normalized spacial score (nSPS) is 9.57. The van der Waals surface area contributed by atoms with Crippen molar-refractivity contribution in [1.82, 2.24) is 10.6 Å². The fourth-order valence-electron chi connectivity index (χ4n) is 0.451. The Kier molecular flexibility index (Phi) is 10.2. The van der Waals surface area contributed by atoms with Crippen LogP contribution in [0.5, 0.6) is 0 Å². The third kappa shape index (κ3) is 8.97. The highest BCUT2D eigenvalue weighted by Crippen LogP contribution is 2.22. The molecule has 0 aliphatic rings. The highest BCUT2D eigenvalue weighted by molar-refractivity contribution is 8.89. The Labute approximate surface area is 102 Å². The molecule has 4 N–H and O–H groups in total. The Morgan fingerprint density at radius 3 is 1.57 bits per heavy atom. The van der Waals surface area contributed by atoms with Crippen LogP contribution in [-0.2, 0) is 0 Å². The lowest BCUT2D eigenvalue weighted by atomic mass is 10.7. The summed E-state index contributed by atoms with van der Waals surface area (Å²) in [5.41, 5.74) is 0. The number of thiocarbonyl (C=S) groups is 2. The Balaban J connectivity index is 3.41. The van der Waals surface area contributed by atoms with Crippen molar-refractivity contribution < 1.29 is 10.2 Å². The molecule has 0 radical (unpaired) electrons. The van der Waals surface area contributed by atoms with Crippen molar-refractivity contribution in [1.29, 1.82) is 0 Å². The molecule has 0 spiro atoms. The Morgan fingerprint density at radius 2 is 1.29 bits per heavy atom. The van der Waals surface area contributed by atoms with Crippen LogP contribution in [0, 0.1) is 0 Å². The summed E-state index contributed by atoms with van der Waals surface area (Å²) in [6.45, 7) is 1.00. The molecule has 0 atom stereocenters. The molecule has 0 rings (SSSR count). The monoisotopic (exact) mass is 272 g/mol. The first-order valence-electron chi connectivity index (χ1n) is 3.82. The number of aliphatic hydroxyl groups is 2. The molecule has 4 nitrogen and oxygen atoms in total. The molecule has 0 unspecified atom stereocenters. The molecule has 82 valence electrons. The SMILES string of the molecule is OCCNC(=S)SSC(=S)NCCO. The van der Waals surface area contributed by atoms with Crippen LogP contribution in [0.15, 0.2) is 0 Å². The largest absolute Gasteiger partial charge is 0.395 e. The van der Waals surface area contributed by atoms with Crippen molar-refractivity contribution in [2.24, 2.45) is 0 Å². The molecule has 14 heavy (non-hydrogen) atoms. The van der Waals surface area contributed by atoms with Gasteiger partial charge in [0.15, 0.2) is 0 Å². The van der Waals surface area contributed by atoms with Crippen LogP contribution >= 0.6 is 46.0 Å². The second kappa shape index (κ2) is 9.94. The number of hydrogen-bond donors (Lipinski definition) is 4. The predicted octanol–water partition coefficient (Wildman–Crippen LogP) is 0.101. The van der Waals surface area contributed by atoms with Gasteiger partial charge in [-0.2, -0.15) is 0 Å². The molecule has 8 heteroatoms. The van der Waals surface area contributed by atoms with Gasteiger partial charge in [-0.25, -0.2) is 0 Å². The highest BCUT2D eigenvalue weighted by Gasteiger charge is 2.01. The summed E-state index contributed by atoms with van der Waals surface area (Å²) in [7, 11) is 2.63. The first kappa shape index (κ1) is 14.4. The van der Waals surface area contributed by atoms with Crippen molar-refractivity contribution in [3.63, 3.8) is 0 Å². The van der Waals surface area contributed by atoms with Crippen LogP contribution < -0.4 is 10.6 Å². The molecule has 0 aromatic carbocycles. The fourth-order valence-corrected chi connectivity index (χ4v) is 2.55. The molecule has 0 amide bonds. The van der Waals surface area contributed by atoms with Crippen LogP contribution in [0.2, 0.25) is 0 Å². The molecule has 0 aliphatic heterocycles. The highest BCUT2D eigenvalue weighted by atomic mass is 33.1. The van der Waals surface area contributed by atoms with Crippen LogP contribution in [-0.4, -0.2) is 45.2 Å². The number of hydrogen-bond acceptors (Lipinski definition) is 6. The summed E-state index contributed by atoms with van der Waals surface area (Å²) in [5, 5.41) is 22.7. The molecule has 0 fully saturated rings. The first-order chi connectivity index (χ1) is 6.70. The number of rotatable bonds is 4. The van der Waals surface area contributed by atoms with Gasteiger partial charge in [0.2, 0.25) is 0 Å². The third-order valence-corrected chi connectivity index (χ3v) is 4.30. The van der Waals surface area contributed by atoms with Crippen molar-refractivity contribution in [3.8, 4) is 0 Å². The Hall–Kier alpha value is 0.400. The van der Waals surface area contributed by atoms with E-state index in [1.807, 2.05) is 0 Å². The Morgan fingerprint density at radius 1 is 0.929 bits per heavy atom. The minimum atomic E-state index is 0.0541. The van der Waals surface area contributed by atoms with E-state index in [0.717, 1.165) is 0 Å². The van der Waals surface area contributed by atoms with Crippen molar-refractivity contribution >= 4 is 54.7 Å². The van der Waals surface area contributed by atoms with E-state index in [1.54, 1.807) is 0 Å². The average molecular weight is 272 g/mol. The molecule has 0 heterocycles. The molecule has 0 aromatic rings. The molecule has 0 aromatic heterocycles. The van der Waals surface area contributed by atoms with Gasteiger partial charge in [-0.05, 0) is 21.6 Å². The van der Waals surface area contributed by atoms with Crippen LogP contribution in [0.4, 0.5) is 0 Å². The smallest absolute Gasteiger partial charge is 0.144 e. The summed E-state index contributed by atoms with van der Waals surface area (Å²) < 4.78 is 1.16. The van der Waals surface area contributed by atoms with Crippen molar-refractivity contribution in [3.05, 3.63) is 0 Å². The van der Waals surface area contributed by atoms with Gasteiger partial charge in [0.25, 0.3) is 0 Å². The van der Waals surface area contributed by atoms with E-state index in [4.69, 9.17) is 34.6 Å². The van der Waals surface area contributed by atoms with Gasteiger partial charge in [0, 0.05) is 13.1 Å². The first-order valence-corrected chi connectivity index (χ1v) is 6.79.